The second-order valence-electron chi connectivity index (χ2n) is 6.05. The van der Waals surface area contributed by atoms with Crippen LogP contribution in [0.1, 0.15) is 25.5 Å². The monoisotopic (exact) mass is 438 g/mol. The number of hydrogen-bond acceptors (Lipinski definition) is 3. The van der Waals surface area contributed by atoms with Crippen LogP contribution in [0, 0.1) is 40.9 Å². The molecule has 3 atom stereocenters. The molecule has 6 heteroatoms. The Balaban J connectivity index is 2.08. The molecule has 0 spiro atoms. The van der Waals surface area contributed by atoms with Crippen molar-refractivity contribution in [1.82, 2.24) is 4.57 Å². The molecule has 1 aliphatic rings. The maximum atomic E-state index is 12.4. The highest BCUT2D eigenvalue weighted by Gasteiger charge is 2.61. The third-order valence-corrected chi connectivity index (χ3v) is 4.70. The number of aromatic nitrogens is 1. The SMILES string of the molecule is C#CCn1ccc([C@H](C#N)OC(=O)[C@@H]2[C@H](C=C(Br)Br)C2(C)C)c1. The maximum Gasteiger partial charge on any atom is 0.311 e. The van der Waals surface area contributed by atoms with Crippen molar-refractivity contribution in [2.24, 2.45) is 17.3 Å². The van der Waals surface area contributed by atoms with Crippen LogP contribution < -0.4 is 0 Å². The van der Waals surface area contributed by atoms with Crippen molar-refractivity contribution in [2.75, 3.05) is 0 Å². The smallest absolute Gasteiger partial charge is 0.311 e. The third kappa shape index (κ3) is 3.88. The number of ether oxygens (including phenoxy) is 1. The topological polar surface area (TPSA) is 55.0 Å². The molecule has 0 aliphatic heterocycles. The predicted octanol–water partition coefficient (Wildman–Crippen LogP) is 4.13. The van der Waals surface area contributed by atoms with E-state index >= 15 is 0 Å². The highest BCUT2D eigenvalue weighted by Crippen LogP contribution is 2.60. The lowest BCUT2D eigenvalue weighted by Crippen LogP contribution is -2.14. The number of esters is 1. The van der Waals surface area contributed by atoms with Gasteiger partial charge in [0, 0.05) is 18.0 Å². The number of carbonyl (C=O) groups excluding carboxylic acids is 1. The van der Waals surface area contributed by atoms with Gasteiger partial charge in [0.05, 0.1) is 15.9 Å². The lowest BCUT2D eigenvalue weighted by Gasteiger charge is -2.10. The van der Waals surface area contributed by atoms with Crippen LogP contribution in [0.2, 0.25) is 0 Å². The highest BCUT2D eigenvalue weighted by atomic mass is 79.9. The fourth-order valence-electron chi connectivity index (χ4n) is 2.75. The van der Waals surface area contributed by atoms with E-state index in [0.717, 1.165) is 3.39 Å². The summed E-state index contributed by atoms with van der Waals surface area (Å²) in [5.41, 5.74) is 0.447. The van der Waals surface area contributed by atoms with E-state index in [1.807, 2.05) is 26.0 Å². The zero-order valence-corrected chi connectivity index (χ0v) is 16.0. The third-order valence-electron chi connectivity index (χ3n) is 4.17. The lowest BCUT2D eigenvalue weighted by atomic mass is 10.1. The van der Waals surface area contributed by atoms with Gasteiger partial charge < -0.3 is 9.30 Å². The van der Waals surface area contributed by atoms with Gasteiger partial charge in [-0.25, -0.2) is 0 Å². The second kappa shape index (κ2) is 6.95. The summed E-state index contributed by atoms with van der Waals surface area (Å²) in [6.07, 6.45) is 9.77. The van der Waals surface area contributed by atoms with E-state index in [1.165, 1.54) is 0 Å². The Morgan fingerprint density at radius 1 is 1.61 bits per heavy atom. The fraction of sp³-hybridized carbons (Fsp3) is 0.412. The van der Waals surface area contributed by atoms with E-state index in [9.17, 15) is 10.1 Å². The molecular formula is C17H16Br2N2O2. The van der Waals surface area contributed by atoms with Crippen LogP contribution in [0.5, 0.6) is 0 Å². The standard InChI is InChI=1S/C17H16Br2N2O2/c1-4-6-21-7-5-11(10-21)13(9-20)23-16(22)15-12(8-14(18)19)17(15,2)3/h1,5,7-8,10,12-13,15H,6H2,2-3H3/t12-,13-,15-/m0/s1. The van der Waals surface area contributed by atoms with E-state index in [2.05, 4.69) is 37.8 Å². The molecule has 4 nitrogen and oxygen atoms in total. The molecule has 23 heavy (non-hydrogen) atoms. The van der Waals surface area contributed by atoms with Gasteiger partial charge in [0.15, 0.2) is 0 Å². The summed E-state index contributed by atoms with van der Waals surface area (Å²) >= 11 is 6.63. The zero-order chi connectivity index (χ0) is 17.2. The molecule has 1 saturated carbocycles. The molecule has 1 aliphatic carbocycles. The van der Waals surface area contributed by atoms with Gasteiger partial charge >= 0.3 is 5.97 Å². The van der Waals surface area contributed by atoms with Crippen molar-refractivity contribution < 1.29 is 9.53 Å². The van der Waals surface area contributed by atoms with Crippen LogP contribution >= 0.6 is 31.9 Å². The summed E-state index contributed by atoms with van der Waals surface area (Å²) in [7, 11) is 0. The molecule has 0 unspecified atom stereocenters. The van der Waals surface area contributed by atoms with Crippen LogP contribution in [-0.4, -0.2) is 10.5 Å². The van der Waals surface area contributed by atoms with Crippen LogP contribution in [0.3, 0.4) is 0 Å². The molecule has 1 aromatic heterocycles. The normalized spacial score (nSPS) is 22.3. The van der Waals surface area contributed by atoms with E-state index < -0.39 is 6.10 Å². The van der Waals surface area contributed by atoms with Crippen molar-refractivity contribution in [2.45, 2.75) is 26.5 Å². The van der Waals surface area contributed by atoms with Gasteiger partial charge in [0.25, 0.3) is 0 Å². The van der Waals surface area contributed by atoms with Crippen molar-refractivity contribution in [3.8, 4) is 18.4 Å². The van der Waals surface area contributed by atoms with Gasteiger partial charge in [0.1, 0.15) is 6.07 Å². The summed E-state index contributed by atoms with van der Waals surface area (Å²) in [5, 5.41) is 9.31. The number of carbonyl (C=O) groups is 1. The average Bonchev–Trinajstić information content (AvgIpc) is 2.83. The molecule has 1 heterocycles. The Morgan fingerprint density at radius 3 is 2.87 bits per heavy atom. The number of hydrogen-bond donors (Lipinski definition) is 0. The Kier molecular flexibility index (Phi) is 5.39. The van der Waals surface area contributed by atoms with Gasteiger partial charge in [-0.15, -0.1) is 6.42 Å². The molecule has 120 valence electrons. The molecule has 1 fully saturated rings. The van der Waals surface area contributed by atoms with Crippen molar-refractivity contribution >= 4 is 37.8 Å². The van der Waals surface area contributed by atoms with Crippen molar-refractivity contribution in [1.29, 1.82) is 5.26 Å². The van der Waals surface area contributed by atoms with E-state index in [4.69, 9.17) is 11.2 Å². The van der Waals surface area contributed by atoms with Crippen LogP contribution in [0.4, 0.5) is 0 Å². The first-order valence-electron chi connectivity index (χ1n) is 7.03. The summed E-state index contributed by atoms with van der Waals surface area (Å²) in [6.45, 7) is 4.43. The van der Waals surface area contributed by atoms with Crippen molar-refractivity contribution in [3.63, 3.8) is 0 Å². The summed E-state index contributed by atoms with van der Waals surface area (Å²) in [5.74, 6) is 1.99. The molecule has 0 saturated heterocycles. The number of nitrogens with zero attached hydrogens (tertiary/aromatic N) is 2. The van der Waals surface area contributed by atoms with Gasteiger partial charge in [0.2, 0.25) is 6.10 Å². The molecule has 0 aromatic carbocycles. The molecule has 0 bridgehead atoms. The van der Waals surface area contributed by atoms with E-state index in [-0.39, 0.29) is 23.2 Å². The second-order valence-corrected chi connectivity index (χ2v) is 8.82. The van der Waals surface area contributed by atoms with Gasteiger partial charge in [-0.2, -0.15) is 5.26 Å². The molecule has 2 rings (SSSR count). The van der Waals surface area contributed by atoms with Gasteiger partial charge in [-0.3, -0.25) is 4.79 Å². The fourth-order valence-corrected chi connectivity index (χ4v) is 3.32. The number of terminal acetylenes is 1. The van der Waals surface area contributed by atoms with Crippen LogP contribution in [-0.2, 0) is 16.1 Å². The number of allylic oxidation sites excluding steroid dienone is 1. The predicted molar refractivity (Wildman–Crippen MR) is 94.4 cm³/mol. The summed E-state index contributed by atoms with van der Waals surface area (Å²) in [4.78, 5) is 12.4. The largest absolute Gasteiger partial charge is 0.442 e. The molecule has 1 aromatic rings. The minimum Gasteiger partial charge on any atom is -0.442 e. The maximum absolute atomic E-state index is 12.4. The molecule has 0 radical (unpaired) electrons. The first-order chi connectivity index (χ1) is 10.8. The molecule has 0 N–H and O–H groups in total. The summed E-state index contributed by atoms with van der Waals surface area (Å²) in [6, 6.07) is 3.77. The first kappa shape index (κ1) is 17.8. The van der Waals surface area contributed by atoms with E-state index in [0.29, 0.717) is 12.1 Å². The molecular weight excluding hydrogens is 424 g/mol. The molecule has 0 amide bonds. The lowest BCUT2D eigenvalue weighted by molar-refractivity contribution is -0.149. The number of rotatable bonds is 5. The quantitative estimate of drug-likeness (QED) is 0.511. The van der Waals surface area contributed by atoms with Crippen LogP contribution in [0.25, 0.3) is 0 Å². The number of nitriles is 1. The Morgan fingerprint density at radius 2 is 2.30 bits per heavy atom. The first-order valence-corrected chi connectivity index (χ1v) is 8.62. The minimum absolute atomic E-state index is 0.0779. The van der Waals surface area contributed by atoms with E-state index in [1.54, 1.807) is 23.0 Å². The highest BCUT2D eigenvalue weighted by molar-refractivity contribution is 9.28. The Labute approximate surface area is 152 Å². The summed E-state index contributed by atoms with van der Waals surface area (Å²) < 4.78 is 8.00. The number of halogens is 2. The zero-order valence-electron chi connectivity index (χ0n) is 12.8. The van der Waals surface area contributed by atoms with Crippen LogP contribution in [0.15, 0.2) is 27.9 Å². The Bertz CT molecular complexity index is 718. The van der Waals surface area contributed by atoms with Gasteiger partial charge in [-0.1, -0.05) is 25.8 Å². The Hall–Kier alpha value is -1.50. The average molecular weight is 440 g/mol. The van der Waals surface area contributed by atoms with Crippen molar-refractivity contribution in [3.05, 3.63) is 33.5 Å². The minimum atomic E-state index is -0.921. The van der Waals surface area contributed by atoms with Gasteiger partial charge in [-0.05, 0) is 49.3 Å².